The number of ether oxygens (including phenoxy) is 1. The second-order valence-electron chi connectivity index (χ2n) is 4.31. The number of hydrogen-bond acceptors (Lipinski definition) is 4. The molecule has 0 bridgehead atoms. The smallest absolute Gasteiger partial charge is 0.319 e. The van der Waals surface area contributed by atoms with Crippen LogP contribution in [0.15, 0.2) is 0 Å². The van der Waals surface area contributed by atoms with Crippen molar-refractivity contribution in [3.05, 3.63) is 0 Å². The Morgan fingerprint density at radius 3 is 2.67 bits per heavy atom. The number of nitriles is 1. The molecule has 0 radical (unpaired) electrons. The lowest BCUT2D eigenvalue weighted by atomic mass is 9.78. The Morgan fingerprint density at radius 1 is 1.60 bits per heavy atom. The molecule has 0 aromatic heterocycles. The van der Waals surface area contributed by atoms with Crippen molar-refractivity contribution < 1.29 is 9.53 Å². The van der Waals surface area contributed by atoms with Crippen molar-refractivity contribution in [1.29, 1.82) is 5.26 Å². The van der Waals surface area contributed by atoms with Gasteiger partial charge in [0.1, 0.15) is 5.54 Å². The Kier molecular flexibility index (Phi) is 4.10. The van der Waals surface area contributed by atoms with Gasteiger partial charge in [-0.05, 0) is 31.6 Å². The van der Waals surface area contributed by atoms with Crippen LogP contribution in [0.2, 0.25) is 0 Å². The first-order chi connectivity index (χ1) is 7.12. The van der Waals surface area contributed by atoms with Crippen molar-refractivity contribution in [2.75, 3.05) is 13.7 Å². The molecule has 1 fully saturated rings. The molecule has 1 N–H and O–H groups in total. The summed E-state index contributed by atoms with van der Waals surface area (Å²) in [5.41, 5.74) is -0.513. The van der Waals surface area contributed by atoms with Gasteiger partial charge >= 0.3 is 5.97 Å². The van der Waals surface area contributed by atoms with Crippen LogP contribution in [0.25, 0.3) is 0 Å². The minimum Gasteiger partial charge on any atom is -0.468 e. The standard InChI is InChI=1S/C11H18N2O2/c1-9-3-5-11(8-12,6-4-9)13-7-10(14)15-2/h9,13H,3-7H2,1-2H3. The maximum Gasteiger partial charge on any atom is 0.319 e. The predicted octanol–water partition coefficient (Wildman–Crippen LogP) is 1.22. The summed E-state index contributed by atoms with van der Waals surface area (Å²) in [5.74, 6) is 0.370. The highest BCUT2D eigenvalue weighted by molar-refractivity contribution is 5.71. The molecule has 0 atom stereocenters. The molecule has 0 aliphatic heterocycles. The average molecular weight is 210 g/mol. The summed E-state index contributed by atoms with van der Waals surface area (Å²) in [4.78, 5) is 11.0. The summed E-state index contributed by atoms with van der Waals surface area (Å²) in [7, 11) is 1.35. The summed E-state index contributed by atoms with van der Waals surface area (Å²) < 4.78 is 4.54. The number of nitrogens with one attached hydrogen (secondary N) is 1. The molecule has 1 rings (SSSR count). The summed E-state index contributed by atoms with van der Waals surface area (Å²) in [6.45, 7) is 2.32. The van der Waals surface area contributed by atoms with Crippen LogP contribution in [0.3, 0.4) is 0 Å². The van der Waals surface area contributed by atoms with E-state index in [2.05, 4.69) is 23.0 Å². The van der Waals surface area contributed by atoms with Crippen LogP contribution in [0.4, 0.5) is 0 Å². The molecule has 15 heavy (non-hydrogen) atoms. The van der Waals surface area contributed by atoms with E-state index in [1.54, 1.807) is 0 Å². The van der Waals surface area contributed by atoms with Crippen molar-refractivity contribution in [3.8, 4) is 6.07 Å². The highest BCUT2D eigenvalue weighted by atomic mass is 16.5. The van der Waals surface area contributed by atoms with E-state index >= 15 is 0 Å². The molecule has 0 aromatic carbocycles. The first-order valence-corrected chi connectivity index (χ1v) is 5.35. The molecule has 0 unspecified atom stereocenters. The fraction of sp³-hybridized carbons (Fsp3) is 0.818. The number of nitrogens with zero attached hydrogens (tertiary/aromatic N) is 1. The van der Waals surface area contributed by atoms with Gasteiger partial charge in [-0.25, -0.2) is 0 Å². The lowest BCUT2D eigenvalue weighted by molar-refractivity contribution is -0.139. The zero-order chi connectivity index (χ0) is 11.3. The predicted molar refractivity (Wildman–Crippen MR) is 56.0 cm³/mol. The highest BCUT2D eigenvalue weighted by Gasteiger charge is 2.34. The molecule has 0 saturated heterocycles. The van der Waals surface area contributed by atoms with Gasteiger partial charge in [0.25, 0.3) is 0 Å². The Hall–Kier alpha value is -1.08. The zero-order valence-electron chi connectivity index (χ0n) is 9.38. The lowest BCUT2D eigenvalue weighted by Gasteiger charge is -2.34. The van der Waals surface area contributed by atoms with Crippen molar-refractivity contribution in [1.82, 2.24) is 5.32 Å². The van der Waals surface area contributed by atoms with E-state index in [0.29, 0.717) is 5.92 Å². The van der Waals surface area contributed by atoms with Crippen molar-refractivity contribution in [3.63, 3.8) is 0 Å². The molecule has 0 aromatic rings. The monoisotopic (exact) mass is 210 g/mol. The molecule has 4 heteroatoms. The van der Waals surface area contributed by atoms with E-state index in [4.69, 9.17) is 5.26 Å². The molecular formula is C11H18N2O2. The topological polar surface area (TPSA) is 62.1 Å². The van der Waals surface area contributed by atoms with Crippen molar-refractivity contribution in [2.24, 2.45) is 5.92 Å². The lowest BCUT2D eigenvalue weighted by Crippen LogP contribution is -2.48. The Balaban J connectivity index is 2.48. The third-order valence-corrected chi connectivity index (χ3v) is 3.14. The molecule has 0 heterocycles. The minimum absolute atomic E-state index is 0.123. The summed E-state index contributed by atoms with van der Waals surface area (Å²) in [6, 6.07) is 2.30. The Labute approximate surface area is 90.6 Å². The van der Waals surface area contributed by atoms with Gasteiger partial charge in [-0.3, -0.25) is 10.1 Å². The SMILES string of the molecule is COC(=O)CNC1(C#N)CCC(C)CC1. The highest BCUT2D eigenvalue weighted by Crippen LogP contribution is 2.31. The summed E-state index contributed by atoms with van der Waals surface area (Å²) >= 11 is 0. The van der Waals surface area contributed by atoms with E-state index < -0.39 is 5.54 Å². The Morgan fingerprint density at radius 2 is 2.20 bits per heavy atom. The number of hydrogen-bond donors (Lipinski definition) is 1. The van der Waals surface area contributed by atoms with Crippen LogP contribution in [-0.4, -0.2) is 25.2 Å². The van der Waals surface area contributed by atoms with E-state index in [-0.39, 0.29) is 12.5 Å². The fourth-order valence-corrected chi connectivity index (χ4v) is 1.90. The first-order valence-electron chi connectivity index (χ1n) is 5.35. The summed E-state index contributed by atoms with van der Waals surface area (Å²) in [6.07, 6.45) is 3.73. The normalized spacial score (nSPS) is 30.6. The maximum atomic E-state index is 11.0. The Bertz CT molecular complexity index is 262. The van der Waals surface area contributed by atoms with Crippen LogP contribution >= 0.6 is 0 Å². The van der Waals surface area contributed by atoms with Gasteiger partial charge in [0.2, 0.25) is 0 Å². The molecule has 0 spiro atoms. The van der Waals surface area contributed by atoms with E-state index in [9.17, 15) is 4.79 Å². The third kappa shape index (κ3) is 3.21. The van der Waals surface area contributed by atoms with Gasteiger partial charge in [-0.2, -0.15) is 5.26 Å². The zero-order valence-corrected chi connectivity index (χ0v) is 9.38. The first kappa shape index (κ1) is 12.0. The van der Waals surface area contributed by atoms with Gasteiger partial charge in [0, 0.05) is 0 Å². The number of methoxy groups -OCH3 is 1. The van der Waals surface area contributed by atoms with Crippen LogP contribution in [0.5, 0.6) is 0 Å². The molecule has 84 valence electrons. The van der Waals surface area contributed by atoms with Crippen LogP contribution in [0, 0.1) is 17.2 Å². The van der Waals surface area contributed by atoms with Crippen molar-refractivity contribution in [2.45, 2.75) is 38.1 Å². The molecule has 1 aliphatic rings. The molecule has 4 nitrogen and oxygen atoms in total. The number of rotatable bonds is 3. The quantitative estimate of drug-likeness (QED) is 0.711. The largest absolute Gasteiger partial charge is 0.468 e. The van der Waals surface area contributed by atoms with E-state index in [1.165, 1.54) is 7.11 Å². The number of carbonyl (C=O) groups is 1. The second-order valence-corrected chi connectivity index (χ2v) is 4.31. The summed E-state index contributed by atoms with van der Waals surface area (Å²) in [5, 5.41) is 12.2. The maximum absolute atomic E-state index is 11.0. The molecule has 1 aliphatic carbocycles. The van der Waals surface area contributed by atoms with Gasteiger partial charge in [0.05, 0.1) is 19.7 Å². The van der Waals surface area contributed by atoms with Crippen LogP contribution in [-0.2, 0) is 9.53 Å². The number of esters is 1. The van der Waals surface area contributed by atoms with Crippen LogP contribution in [0.1, 0.15) is 32.6 Å². The molecular weight excluding hydrogens is 192 g/mol. The van der Waals surface area contributed by atoms with E-state index in [0.717, 1.165) is 25.7 Å². The fourth-order valence-electron chi connectivity index (χ4n) is 1.90. The molecule has 1 saturated carbocycles. The minimum atomic E-state index is -0.513. The van der Waals surface area contributed by atoms with Gasteiger partial charge in [0.15, 0.2) is 0 Å². The second kappa shape index (κ2) is 5.13. The van der Waals surface area contributed by atoms with Gasteiger partial charge < -0.3 is 4.74 Å². The third-order valence-electron chi connectivity index (χ3n) is 3.14. The number of carbonyl (C=O) groups excluding carboxylic acids is 1. The van der Waals surface area contributed by atoms with Crippen LogP contribution < -0.4 is 5.32 Å². The van der Waals surface area contributed by atoms with Crippen molar-refractivity contribution >= 4 is 5.97 Å². The molecule has 0 amide bonds. The van der Waals surface area contributed by atoms with Gasteiger partial charge in [-0.1, -0.05) is 6.92 Å². The van der Waals surface area contributed by atoms with Gasteiger partial charge in [-0.15, -0.1) is 0 Å². The van der Waals surface area contributed by atoms with E-state index in [1.807, 2.05) is 0 Å². The average Bonchev–Trinajstić information content (AvgIpc) is 2.28.